The average Bonchev–Trinajstić information content (AvgIpc) is 2.44. The van der Waals surface area contributed by atoms with Gasteiger partial charge in [-0.3, -0.25) is 19.5 Å². The van der Waals surface area contributed by atoms with E-state index in [0.717, 1.165) is 17.3 Å². The molecule has 112 valence electrons. The van der Waals surface area contributed by atoms with Gasteiger partial charge in [0.2, 0.25) is 5.91 Å². The molecule has 0 bridgehead atoms. The fourth-order valence-electron chi connectivity index (χ4n) is 1.90. The van der Waals surface area contributed by atoms with Crippen LogP contribution in [0.25, 0.3) is 0 Å². The van der Waals surface area contributed by atoms with E-state index in [4.69, 9.17) is 0 Å². The molecule has 1 aromatic carbocycles. The van der Waals surface area contributed by atoms with E-state index in [1.54, 1.807) is 4.90 Å². The molecule has 0 spiro atoms. The molecule has 1 aromatic rings. The van der Waals surface area contributed by atoms with Gasteiger partial charge >= 0.3 is 0 Å². The summed E-state index contributed by atoms with van der Waals surface area (Å²) >= 11 is 1.08. The van der Waals surface area contributed by atoms with E-state index in [0.29, 0.717) is 24.7 Å². The molecule has 0 N–H and O–H groups in total. The molecule has 2 rings (SSSR count). The standard InChI is InChI=1S/C16H20N2O2S/c1-11(2)15(20)21-16-17-9-8-14(19)18(16)10-13-6-4-12(3)5-7-13/h4-7,11H,8-10H2,1-3H3. The van der Waals surface area contributed by atoms with E-state index < -0.39 is 0 Å². The molecule has 0 aromatic heterocycles. The first-order valence-corrected chi connectivity index (χ1v) is 7.91. The van der Waals surface area contributed by atoms with Crippen LogP contribution in [0.4, 0.5) is 0 Å². The van der Waals surface area contributed by atoms with Gasteiger partial charge in [0.05, 0.1) is 13.1 Å². The lowest BCUT2D eigenvalue weighted by molar-refractivity contribution is -0.127. The van der Waals surface area contributed by atoms with Gasteiger partial charge < -0.3 is 0 Å². The Bertz CT molecular complexity index is 564. The largest absolute Gasteiger partial charge is 0.287 e. The summed E-state index contributed by atoms with van der Waals surface area (Å²) in [6, 6.07) is 8.05. The summed E-state index contributed by atoms with van der Waals surface area (Å²) in [6.07, 6.45) is 0.409. The van der Waals surface area contributed by atoms with Crippen molar-refractivity contribution in [3.8, 4) is 0 Å². The Labute approximate surface area is 129 Å². The highest BCUT2D eigenvalue weighted by atomic mass is 32.2. The Morgan fingerprint density at radius 3 is 2.62 bits per heavy atom. The lowest BCUT2D eigenvalue weighted by atomic mass is 10.1. The third-order valence-electron chi connectivity index (χ3n) is 3.23. The Morgan fingerprint density at radius 2 is 2.00 bits per heavy atom. The van der Waals surface area contributed by atoms with Crippen molar-refractivity contribution in [2.24, 2.45) is 10.9 Å². The van der Waals surface area contributed by atoms with Crippen molar-refractivity contribution in [3.63, 3.8) is 0 Å². The highest BCUT2D eigenvalue weighted by molar-refractivity contribution is 8.26. The van der Waals surface area contributed by atoms with Crippen molar-refractivity contribution in [3.05, 3.63) is 35.4 Å². The van der Waals surface area contributed by atoms with Crippen LogP contribution in [0.1, 0.15) is 31.4 Å². The molecule has 0 atom stereocenters. The maximum atomic E-state index is 12.1. The zero-order chi connectivity index (χ0) is 15.4. The van der Waals surface area contributed by atoms with Crippen molar-refractivity contribution in [1.82, 2.24) is 4.90 Å². The number of rotatable bonds is 3. The van der Waals surface area contributed by atoms with Crippen LogP contribution in [0.15, 0.2) is 29.3 Å². The van der Waals surface area contributed by atoms with Gasteiger partial charge in [-0.1, -0.05) is 43.7 Å². The number of carbonyl (C=O) groups excluding carboxylic acids is 2. The molecule has 0 unspecified atom stereocenters. The van der Waals surface area contributed by atoms with Gasteiger partial charge in [-0.05, 0) is 24.2 Å². The molecule has 1 amide bonds. The highest BCUT2D eigenvalue weighted by Gasteiger charge is 2.26. The van der Waals surface area contributed by atoms with E-state index in [9.17, 15) is 9.59 Å². The Balaban J connectivity index is 2.14. The Morgan fingerprint density at radius 1 is 1.33 bits per heavy atom. The van der Waals surface area contributed by atoms with Gasteiger partial charge in [0.25, 0.3) is 0 Å². The molecular weight excluding hydrogens is 284 g/mol. The highest BCUT2D eigenvalue weighted by Crippen LogP contribution is 2.21. The van der Waals surface area contributed by atoms with Gasteiger partial charge in [-0.15, -0.1) is 0 Å². The van der Waals surface area contributed by atoms with Crippen LogP contribution < -0.4 is 0 Å². The van der Waals surface area contributed by atoms with Gasteiger partial charge in [-0.2, -0.15) is 0 Å². The van der Waals surface area contributed by atoms with Gasteiger partial charge in [0.1, 0.15) is 0 Å². The average molecular weight is 304 g/mol. The lowest BCUT2D eigenvalue weighted by Gasteiger charge is -2.27. The molecule has 0 aliphatic carbocycles. The number of hydrogen-bond acceptors (Lipinski definition) is 4. The molecule has 0 radical (unpaired) electrons. The molecule has 5 heteroatoms. The maximum Gasteiger partial charge on any atom is 0.230 e. The molecule has 4 nitrogen and oxygen atoms in total. The third kappa shape index (κ3) is 4.17. The van der Waals surface area contributed by atoms with E-state index in [1.807, 2.05) is 45.0 Å². The van der Waals surface area contributed by atoms with Crippen LogP contribution in [0, 0.1) is 12.8 Å². The number of benzene rings is 1. The van der Waals surface area contributed by atoms with E-state index in [2.05, 4.69) is 4.99 Å². The summed E-state index contributed by atoms with van der Waals surface area (Å²) in [6.45, 7) is 6.67. The van der Waals surface area contributed by atoms with Crippen LogP contribution in [-0.4, -0.2) is 27.6 Å². The molecule has 0 saturated carbocycles. The van der Waals surface area contributed by atoms with E-state index >= 15 is 0 Å². The second-order valence-electron chi connectivity index (χ2n) is 5.46. The first kappa shape index (κ1) is 15.8. The van der Waals surface area contributed by atoms with Crippen molar-refractivity contribution in [1.29, 1.82) is 0 Å². The van der Waals surface area contributed by atoms with Crippen LogP contribution in [0.3, 0.4) is 0 Å². The minimum absolute atomic E-state index is 0.0321. The van der Waals surface area contributed by atoms with Crippen LogP contribution in [-0.2, 0) is 16.1 Å². The topological polar surface area (TPSA) is 49.7 Å². The number of nitrogens with zero attached hydrogens (tertiary/aromatic N) is 2. The quantitative estimate of drug-likeness (QED) is 0.862. The first-order valence-electron chi connectivity index (χ1n) is 7.09. The zero-order valence-electron chi connectivity index (χ0n) is 12.6. The predicted octanol–water partition coefficient (Wildman–Crippen LogP) is 3.00. The maximum absolute atomic E-state index is 12.1. The number of amides is 1. The summed E-state index contributed by atoms with van der Waals surface area (Å²) in [5.41, 5.74) is 2.23. The molecule has 1 aliphatic rings. The summed E-state index contributed by atoms with van der Waals surface area (Å²) < 4.78 is 0. The van der Waals surface area contributed by atoms with E-state index in [1.165, 1.54) is 5.56 Å². The van der Waals surface area contributed by atoms with Crippen molar-refractivity contribution in [2.75, 3.05) is 6.54 Å². The van der Waals surface area contributed by atoms with Gasteiger partial charge in [-0.25, -0.2) is 0 Å². The second-order valence-corrected chi connectivity index (χ2v) is 6.43. The number of aryl methyl sites for hydroxylation is 1. The monoisotopic (exact) mass is 304 g/mol. The van der Waals surface area contributed by atoms with Crippen molar-refractivity contribution >= 4 is 28.0 Å². The van der Waals surface area contributed by atoms with Crippen LogP contribution in [0.5, 0.6) is 0 Å². The molecule has 21 heavy (non-hydrogen) atoms. The van der Waals surface area contributed by atoms with E-state index in [-0.39, 0.29) is 16.9 Å². The fraction of sp³-hybridized carbons (Fsp3) is 0.438. The Hall–Kier alpha value is -1.62. The Kier molecular flexibility index (Phi) is 5.17. The number of hydrogen-bond donors (Lipinski definition) is 0. The first-order chi connectivity index (χ1) is 9.97. The second kappa shape index (κ2) is 6.89. The summed E-state index contributed by atoms with van der Waals surface area (Å²) in [5, 5.41) is 0.572. The predicted molar refractivity (Wildman–Crippen MR) is 86.1 cm³/mol. The summed E-state index contributed by atoms with van der Waals surface area (Å²) in [7, 11) is 0. The van der Waals surface area contributed by atoms with Crippen molar-refractivity contribution < 1.29 is 9.59 Å². The summed E-state index contributed by atoms with van der Waals surface area (Å²) in [5.74, 6) is -0.0411. The lowest BCUT2D eigenvalue weighted by Crippen LogP contribution is -2.39. The molecule has 0 saturated heterocycles. The number of carbonyl (C=O) groups is 2. The normalized spacial score (nSPS) is 15.3. The number of thioether (sulfide) groups is 1. The molecule has 1 heterocycles. The number of amidine groups is 1. The van der Waals surface area contributed by atoms with Gasteiger partial charge in [0, 0.05) is 12.3 Å². The SMILES string of the molecule is Cc1ccc(CN2C(=O)CCN=C2SC(=O)C(C)C)cc1. The minimum Gasteiger partial charge on any atom is -0.287 e. The zero-order valence-corrected chi connectivity index (χ0v) is 13.4. The summed E-state index contributed by atoms with van der Waals surface area (Å²) in [4.78, 5) is 30.0. The minimum atomic E-state index is -0.0732. The molecule has 1 aliphatic heterocycles. The molecular formula is C16H20N2O2S. The molecule has 0 fully saturated rings. The van der Waals surface area contributed by atoms with Crippen molar-refractivity contribution in [2.45, 2.75) is 33.7 Å². The van der Waals surface area contributed by atoms with Crippen LogP contribution in [0.2, 0.25) is 0 Å². The number of aliphatic imine (C=N–C) groups is 1. The smallest absolute Gasteiger partial charge is 0.230 e. The van der Waals surface area contributed by atoms with Gasteiger partial charge in [0.15, 0.2) is 10.3 Å². The van der Waals surface area contributed by atoms with Crippen LogP contribution >= 0.6 is 11.8 Å². The fourth-order valence-corrected chi connectivity index (χ4v) is 2.75. The third-order valence-corrected chi connectivity index (χ3v) is 4.43.